The van der Waals surface area contributed by atoms with E-state index in [1.54, 1.807) is 0 Å². The lowest BCUT2D eigenvalue weighted by molar-refractivity contribution is -0.137. The Bertz CT molecular complexity index is 780. The second kappa shape index (κ2) is 9.79. The van der Waals surface area contributed by atoms with Crippen LogP contribution in [0.1, 0.15) is 43.7 Å². The molecule has 1 saturated carbocycles. The van der Waals surface area contributed by atoms with Crippen LogP contribution in [0.3, 0.4) is 0 Å². The predicted molar refractivity (Wildman–Crippen MR) is 120 cm³/mol. The molecule has 174 valence electrons. The van der Waals surface area contributed by atoms with Crippen LogP contribution in [0.5, 0.6) is 0 Å². The van der Waals surface area contributed by atoms with Crippen molar-refractivity contribution >= 4 is 12.0 Å². The first-order valence-electron chi connectivity index (χ1n) is 12.3. The van der Waals surface area contributed by atoms with E-state index in [1.165, 1.54) is 6.42 Å². The highest BCUT2D eigenvalue weighted by atomic mass is 16.6. The lowest BCUT2D eigenvalue weighted by atomic mass is 9.84. The number of ether oxygens (including phenoxy) is 2. The molecular formula is C25H35N3O4. The lowest BCUT2D eigenvalue weighted by Gasteiger charge is -2.30. The van der Waals surface area contributed by atoms with Crippen LogP contribution >= 0.6 is 0 Å². The predicted octanol–water partition coefficient (Wildman–Crippen LogP) is 2.82. The average molecular weight is 442 g/mol. The maximum absolute atomic E-state index is 12.6. The van der Waals surface area contributed by atoms with E-state index >= 15 is 0 Å². The Kier molecular flexibility index (Phi) is 6.64. The van der Waals surface area contributed by atoms with Crippen LogP contribution in [-0.4, -0.2) is 73.8 Å². The minimum Gasteiger partial charge on any atom is -0.444 e. The van der Waals surface area contributed by atoms with Crippen molar-refractivity contribution in [2.45, 2.75) is 44.2 Å². The maximum atomic E-state index is 12.6. The summed E-state index contributed by atoms with van der Waals surface area (Å²) in [5.74, 6) is 1.89. The van der Waals surface area contributed by atoms with E-state index in [0.29, 0.717) is 36.9 Å². The zero-order valence-corrected chi connectivity index (χ0v) is 18.8. The number of hydrogen-bond donors (Lipinski definition) is 1. The summed E-state index contributed by atoms with van der Waals surface area (Å²) in [6, 6.07) is 10.1. The summed E-state index contributed by atoms with van der Waals surface area (Å²) in [4.78, 5) is 29.7. The van der Waals surface area contributed by atoms with Gasteiger partial charge in [-0.15, -0.1) is 0 Å². The van der Waals surface area contributed by atoms with Crippen LogP contribution in [0.25, 0.3) is 0 Å². The summed E-state index contributed by atoms with van der Waals surface area (Å²) in [6.45, 7) is 6.01. The van der Waals surface area contributed by atoms with Gasteiger partial charge in [-0.3, -0.25) is 4.79 Å². The topological polar surface area (TPSA) is 71.1 Å². The van der Waals surface area contributed by atoms with Gasteiger partial charge in [0.05, 0.1) is 19.3 Å². The van der Waals surface area contributed by atoms with Gasteiger partial charge in [-0.2, -0.15) is 0 Å². The van der Waals surface area contributed by atoms with Gasteiger partial charge < -0.3 is 24.6 Å². The molecule has 1 N–H and O–H groups in total. The normalized spacial score (nSPS) is 28.9. The van der Waals surface area contributed by atoms with Gasteiger partial charge in [0, 0.05) is 45.1 Å². The van der Waals surface area contributed by atoms with Crippen molar-refractivity contribution in [2.75, 3.05) is 45.9 Å². The molecule has 3 aliphatic heterocycles. The fraction of sp³-hybridized carbons (Fsp3) is 0.680. The Balaban J connectivity index is 1.12. The minimum absolute atomic E-state index is 0.0804. The Hall–Kier alpha value is -2.12. The van der Waals surface area contributed by atoms with Crippen molar-refractivity contribution in [3.63, 3.8) is 0 Å². The van der Waals surface area contributed by atoms with Crippen LogP contribution in [0.2, 0.25) is 0 Å². The Labute approximate surface area is 190 Å². The first kappa shape index (κ1) is 21.7. The fourth-order valence-electron chi connectivity index (χ4n) is 5.62. The molecule has 32 heavy (non-hydrogen) atoms. The molecule has 0 radical (unpaired) electrons. The molecular weight excluding hydrogens is 406 g/mol. The zero-order chi connectivity index (χ0) is 21.9. The summed E-state index contributed by atoms with van der Waals surface area (Å²) in [5, 5.41) is 3.09. The highest BCUT2D eigenvalue weighted by molar-refractivity contribution is 5.80. The van der Waals surface area contributed by atoms with Gasteiger partial charge in [-0.1, -0.05) is 36.8 Å². The molecule has 3 unspecified atom stereocenters. The minimum atomic E-state index is -0.363. The summed E-state index contributed by atoms with van der Waals surface area (Å²) >= 11 is 0. The number of benzene rings is 1. The molecule has 0 aromatic heterocycles. The number of hydrogen-bond acceptors (Lipinski definition) is 5. The summed E-state index contributed by atoms with van der Waals surface area (Å²) in [6.07, 6.45) is 4.48. The standard InChI is InChI=1S/C25H35N3O4/c29-24(19-7-4-8-19)28-15-20-13-27(14-21(20)16-28)11-9-23(18-5-2-1-3-6-18)26-25(30)32-22-10-12-31-17-22/h1-3,5-6,19-23H,4,7-17H2,(H,26,30)/t20-,21?,22?,23?/m0/s1. The zero-order valence-electron chi connectivity index (χ0n) is 18.8. The lowest BCUT2D eigenvalue weighted by Crippen LogP contribution is -2.39. The molecule has 1 aromatic carbocycles. The molecule has 0 spiro atoms. The summed E-state index contributed by atoms with van der Waals surface area (Å²) in [7, 11) is 0. The summed E-state index contributed by atoms with van der Waals surface area (Å²) in [5.41, 5.74) is 1.10. The van der Waals surface area contributed by atoms with E-state index < -0.39 is 0 Å². The van der Waals surface area contributed by atoms with Gasteiger partial charge in [-0.05, 0) is 36.7 Å². The van der Waals surface area contributed by atoms with Crippen molar-refractivity contribution in [1.29, 1.82) is 0 Å². The first-order valence-corrected chi connectivity index (χ1v) is 12.3. The average Bonchev–Trinajstić information content (AvgIpc) is 3.47. The monoisotopic (exact) mass is 441 g/mol. The number of rotatable bonds is 7. The molecule has 0 bridgehead atoms. The second-order valence-electron chi connectivity index (χ2n) is 9.94. The third kappa shape index (κ3) is 4.94. The van der Waals surface area contributed by atoms with Crippen LogP contribution in [-0.2, 0) is 14.3 Å². The Morgan fingerprint density at radius 1 is 1.06 bits per heavy atom. The Morgan fingerprint density at radius 2 is 1.81 bits per heavy atom. The molecule has 7 heteroatoms. The van der Waals surface area contributed by atoms with Crippen molar-refractivity contribution in [2.24, 2.45) is 17.8 Å². The fourth-order valence-corrected chi connectivity index (χ4v) is 5.62. The summed E-state index contributed by atoms with van der Waals surface area (Å²) < 4.78 is 10.8. The molecule has 3 heterocycles. The number of alkyl carbamates (subject to hydrolysis) is 1. The SMILES string of the molecule is O=C(NC(CCN1CC2CN(C(=O)C3CCC3)C[C@@H]2C1)c1ccccc1)OC1CCOC1. The molecule has 3 saturated heterocycles. The number of nitrogens with zero attached hydrogens (tertiary/aromatic N) is 2. The van der Waals surface area contributed by atoms with Crippen molar-refractivity contribution < 1.29 is 19.1 Å². The van der Waals surface area contributed by atoms with Gasteiger partial charge >= 0.3 is 6.09 Å². The van der Waals surface area contributed by atoms with Gasteiger partial charge in [0.15, 0.2) is 0 Å². The number of nitrogens with one attached hydrogen (secondary N) is 1. The van der Waals surface area contributed by atoms with Crippen molar-refractivity contribution in [3.8, 4) is 0 Å². The highest BCUT2D eigenvalue weighted by Gasteiger charge is 2.43. The largest absolute Gasteiger partial charge is 0.444 e. The van der Waals surface area contributed by atoms with Gasteiger partial charge in [0.1, 0.15) is 6.10 Å². The molecule has 4 atom stereocenters. The quantitative estimate of drug-likeness (QED) is 0.705. The third-order valence-electron chi connectivity index (χ3n) is 7.72. The molecule has 4 aliphatic rings. The number of fused-ring (bicyclic) bond motifs is 1. The number of amides is 2. The van der Waals surface area contributed by atoms with Crippen LogP contribution in [0, 0.1) is 17.8 Å². The molecule has 1 aromatic rings. The van der Waals surface area contributed by atoms with E-state index in [2.05, 4.69) is 27.2 Å². The van der Waals surface area contributed by atoms with E-state index in [9.17, 15) is 9.59 Å². The van der Waals surface area contributed by atoms with Crippen molar-refractivity contribution in [1.82, 2.24) is 15.1 Å². The van der Waals surface area contributed by atoms with E-state index in [1.807, 2.05) is 18.2 Å². The van der Waals surface area contributed by atoms with Gasteiger partial charge in [-0.25, -0.2) is 4.79 Å². The number of carbonyl (C=O) groups excluding carboxylic acids is 2. The van der Waals surface area contributed by atoms with Crippen LogP contribution in [0.4, 0.5) is 4.79 Å². The highest BCUT2D eigenvalue weighted by Crippen LogP contribution is 2.35. The molecule has 1 aliphatic carbocycles. The number of likely N-dealkylation sites (tertiary alicyclic amines) is 2. The van der Waals surface area contributed by atoms with Gasteiger partial charge in [0.25, 0.3) is 0 Å². The second-order valence-corrected chi connectivity index (χ2v) is 9.94. The van der Waals surface area contributed by atoms with Gasteiger partial charge in [0.2, 0.25) is 5.91 Å². The Morgan fingerprint density at radius 3 is 2.44 bits per heavy atom. The van der Waals surface area contributed by atoms with Crippen molar-refractivity contribution in [3.05, 3.63) is 35.9 Å². The molecule has 7 nitrogen and oxygen atoms in total. The molecule has 5 rings (SSSR count). The van der Waals surface area contributed by atoms with Crippen LogP contribution < -0.4 is 5.32 Å². The third-order valence-corrected chi connectivity index (χ3v) is 7.72. The smallest absolute Gasteiger partial charge is 0.407 e. The molecule has 4 fully saturated rings. The van der Waals surface area contributed by atoms with E-state index in [0.717, 1.165) is 64.0 Å². The van der Waals surface area contributed by atoms with Crippen LogP contribution in [0.15, 0.2) is 30.3 Å². The first-order chi connectivity index (χ1) is 15.7. The molecule has 2 amide bonds. The van der Waals surface area contributed by atoms with E-state index in [-0.39, 0.29) is 18.2 Å². The maximum Gasteiger partial charge on any atom is 0.407 e. The number of carbonyl (C=O) groups is 2. The van der Waals surface area contributed by atoms with E-state index in [4.69, 9.17) is 9.47 Å².